The van der Waals surface area contributed by atoms with Gasteiger partial charge in [0, 0.05) is 43.1 Å². The Balaban J connectivity index is 1.15. The number of hydrogen-bond acceptors (Lipinski definition) is 5. The van der Waals surface area contributed by atoms with Crippen molar-refractivity contribution >= 4 is 40.5 Å². The van der Waals surface area contributed by atoms with Crippen LogP contribution in [0.25, 0.3) is 0 Å². The Hall–Kier alpha value is -4.69. The molecule has 0 bridgehead atoms. The summed E-state index contributed by atoms with van der Waals surface area (Å²) in [7, 11) is 1.61. The van der Waals surface area contributed by atoms with Crippen LogP contribution in [-0.2, 0) is 4.79 Å². The summed E-state index contributed by atoms with van der Waals surface area (Å²) in [5.74, 6) is 0.0913. The van der Waals surface area contributed by atoms with Crippen LogP contribution < -0.4 is 20.3 Å². The molecule has 8 heteroatoms. The number of rotatable bonds is 7. The van der Waals surface area contributed by atoms with E-state index in [1.165, 1.54) is 0 Å². The highest BCUT2D eigenvalue weighted by molar-refractivity contribution is 7.80. The summed E-state index contributed by atoms with van der Waals surface area (Å²) in [6.45, 7) is 2.77. The number of anilines is 2. The van der Waals surface area contributed by atoms with Crippen LogP contribution >= 0.6 is 12.2 Å². The number of amides is 2. The van der Waals surface area contributed by atoms with Crippen LogP contribution in [0.15, 0.2) is 109 Å². The van der Waals surface area contributed by atoms with Gasteiger partial charge in [-0.3, -0.25) is 9.59 Å². The molecule has 0 radical (unpaired) electrons. The number of nitrogens with one attached hydrogen (secondary N) is 2. The molecule has 1 fully saturated rings. The van der Waals surface area contributed by atoms with E-state index in [2.05, 4.69) is 15.5 Å². The summed E-state index contributed by atoms with van der Waals surface area (Å²) < 4.78 is 5.18. The van der Waals surface area contributed by atoms with Gasteiger partial charge in [-0.1, -0.05) is 60.7 Å². The number of methoxy groups -OCH3 is 1. The zero-order chi connectivity index (χ0) is 28.6. The number of hydrogen-bond donors (Lipinski definition) is 2. The van der Waals surface area contributed by atoms with Crippen LogP contribution in [0.2, 0.25) is 0 Å². The average Bonchev–Trinajstić information content (AvgIpc) is 3.02. The fourth-order valence-corrected chi connectivity index (χ4v) is 5.19. The van der Waals surface area contributed by atoms with Crippen LogP contribution in [-0.4, -0.2) is 55.1 Å². The predicted octanol–water partition coefficient (Wildman–Crippen LogP) is 5.30. The molecule has 0 spiro atoms. The Kier molecular flexibility index (Phi) is 8.91. The third kappa shape index (κ3) is 6.91. The molecule has 2 N–H and O–H groups in total. The van der Waals surface area contributed by atoms with Crippen molar-refractivity contribution in [2.45, 2.75) is 5.92 Å². The minimum absolute atomic E-state index is 0.0316. The molecule has 5 rings (SSSR count). The summed E-state index contributed by atoms with van der Waals surface area (Å²) in [5, 5.41) is 6.23. The number of thiocarbonyl (C=S) groups is 1. The number of carbonyl (C=O) groups is 2. The van der Waals surface area contributed by atoms with Gasteiger partial charge in [0.2, 0.25) is 5.91 Å². The maximum atomic E-state index is 13.3. The van der Waals surface area contributed by atoms with E-state index in [9.17, 15) is 9.59 Å². The van der Waals surface area contributed by atoms with Crippen molar-refractivity contribution in [1.29, 1.82) is 0 Å². The van der Waals surface area contributed by atoms with Crippen molar-refractivity contribution in [3.63, 3.8) is 0 Å². The topological polar surface area (TPSA) is 73.9 Å². The van der Waals surface area contributed by atoms with Crippen LogP contribution in [0.5, 0.6) is 5.75 Å². The maximum Gasteiger partial charge on any atom is 0.253 e. The van der Waals surface area contributed by atoms with Crippen molar-refractivity contribution in [2.75, 3.05) is 43.5 Å². The third-order valence-electron chi connectivity index (χ3n) is 7.16. The summed E-state index contributed by atoms with van der Waals surface area (Å²) in [5.41, 5.74) is 4.30. The molecule has 1 aliphatic heterocycles. The molecule has 0 atom stereocenters. The summed E-state index contributed by atoms with van der Waals surface area (Å²) in [6, 6.07) is 34.5. The molecule has 1 saturated heterocycles. The SMILES string of the molecule is COc1ccc(C(=O)N2CCN(c3ccc(NC(=S)NC(=O)C(c4ccccc4)c4ccccc4)cc3)CC2)cc1. The minimum atomic E-state index is -0.477. The zero-order valence-electron chi connectivity index (χ0n) is 22.8. The smallest absolute Gasteiger partial charge is 0.253 e. The molecule has 7 nitrogen and oxygen atoms in total. The van der Waals surface area contributed by atoms with E-state index in [1.54, 1.807) is 31.4 Å². The van der Waals surface area contributed by atoms with Gasteiger partial charge in [0.05, 0.1) is 13.0 Å². The Morgan fingerprint density at radius 3 is 1.85 bits per heavy atom. The van der Waals surface area contributed by atoms with Crippen molar-refractivity contribution in [3.05, 3.63) is 126 Å². The molecule has 2 amide bonds. The monoisotopic (exact) mass is 564 g/mol. The Labute approximate surface area is 245 Å². The summed E-state index contributed by atoms with van der Waals surface area (Å²) in [6.07, 6.45) is 0. The van der Waals surface area contributed by atoms with Gasteiger partial charge in [0.15, 0.2) is 5.11 Å². The van der Waals surface area contributed by atoms with Gasteiger partial charge in [-0.2, -0.15) is 0 Å². The third-order valence-corrected chi connectivity index (χ3v) is 7.36. The van der Waals surface area contributed by atoms with Crippen molar-refractivity contribution in [3.8, 4) is 5.75 Å². The molecule has 0 saturated carbocycles. The largest absolute Gasteiger partial charge is 0.497 e. The number of carbonyl (C=O) groups excluding carboxylic acids is 2. The van der Waals surface area contributed by atoms with Crippen LogP contribution in [0.1, 0.15) is 27.4 Å². The van der Waals surface area contributed by atoms with Crippen LogP contribution in [0.3, 0.4) is 0 Å². The zero-order valence-corrected chi connectivity index (χ0v) is 23.6. The molecule has 4 aromatic carbocycles. The number of benzene rings is 4. The fourth-order valence-electron chi connectivity index (χ4n) is 4.97. The van der Waals surface area contributed by atoms with E-state index in [1.807, 2.05) is 89.8 Å². The molecule has 0 aromatic heterocycles. The quantitative estimate of drug-likeness (QED) is 0.297. The van der Waals surface area contributed by atoms with Gasteiger partial charge in [0.1, 0.15) is 5.75 Å². The second-order valence-electron chi connectivity index (χ2n) is 9.75. The normalized spacial score (nSPS) is 13.0. The van der Waals surface area contributed by atoms with Crippen LogP contribution in [0.4, 0.5) is 11.4 Å². The van der Waals surface area contributed by atoms with Gasteiger partial charge in [0.25, 0.3) is 5.91 Å². The summed E-state index contributed by atoms with van der Waals surface area (Å²) >= 11 is 5.48. The summed E-state index contributed by atoms with van der Waals surface area (Å²) in [4.78, 5) is 30.3. The van der Waals surface area contributed by atoms with E-state index in [-0.39, 0.29) is 16.9 Å². The second-order valence-corrected chi connectivity index (χ2v) is 10.2. The number of ether oxygens (including phenoxy) is 1. The Bertz CT molecular complexity index is 1430. The lowest BCUT2D eigenvalue weighted by atomic mass is 9.90. The highest BCUT2D eigenvalue weighted by atomic mass is 32.1. The minimum Gasteiger partial charge on any atom is -0.497 e. The number of nitrogens with zero attached hydrogens (tertiary/aromatic N) is 2. The molecular formula is C33H32N4O3S. The lowest BCUT2D eigenvalue weighted by Gasteiger charge is -2.36. The first-order valence-corrected chi connectivity index (χ1v) is 13.9. The average molecular weight is 565 g/mol. The first kappa shape index (κ1) is 27.9. The van der Waals surface area contributed by atoms with Gasteiger partial charge in [-0.15, -0.1) is 0 Å². The molecule has 1 aliphatic rings. The van der Waals surface area contributed by atoms with E-state index < -0.39 is 5.92 Å². The van der Waals surface area contributed by atoms with Crippen molar-refractivity contribution < 1.29 is 14.3 Å². The number of piperazine rings is 1. The highest BCUT2D eigenvalue weighted by Gasteiger charge is 2.24. The second kappa shape index (κ2) is 13.1. The van der Waals surface area contributed by atoms with Crippen molar-refractivity contribution in [1.82, 2.24) is 10.2 Å². The van der Waals surface area contributed by atoms with Gasteiger partial charge in [-0.25, -0.2) is 0 Å². The molecular weight excluding hydrogens is 532 g/mol. The molecule has 41 heavy (non-hydrogen) atoms. The van der Waals surface area contributed by atoms with E-state index in [0.29, 0.717) is 18.7 Å². The van der Waals surface area contributed by atoms with E-state index >= 15 is 0 Å². The molecule has 208 valence electrons. The predicted molar refractivity (Wildman–Crippen MR) is 167 cm³/mol. The first-order chi connectivity index (χ1) is 20.0. The van der Waals surface area contributed by atoms with E-state index in [4.69, 9.17) is 17.0 Å². The van der Waals surface area contributed by atoms with Gasteiger partial charge >= 0.3 is 0 Å². The fraction of sp³-hybridized carbons (Fsp3) is 0.182. The Morgan fingerprint density at radius 2 is 1.32 bits per heavy atom. The maximum absolute atomic E-state index is 13.3. The standard InChI is InChI=1S/C33H32N4O3S/c1-40-29-18-12-26(13-19-29)32(39)37-22-20-36(21-23-37)28-16-14-27(15-17-28)34-33(41)35-31(38)30(24-8-4-2-5-9-24)25-10-6-3-7-11-25/h2-19,30H,20-23H2,1H3,(H2,34,35,38,41). The van der Waals surface area contributed by atoms with Crippen molar-refractivity contribution in [2.24, 2.45) is 0 Å². The highest BCUT2D eigenvalue weighted by Crippen LogP contribution is 2.25. The molecule has 4 aromatic rings. The molecule has 0 unspecified atom stereocenters. The Morgan fingerprint density at radius 1 is 0.756 bits per heavy atom. The molecule has 1 heterocycles. The lowest BCUT2D eigenvalue weighted by Crippen LogP contribution is -2.48. The van der Waals surface area contributed by atoms with Crippen LogP contribution in [0, 0.1) is 0 Å². The first-order valence-electron chi connectivity index (χ1n) is 13.5. The molecule has 0 aliphatic carbocycles. The van der Waals surface area contributed by atoms with Gasteiger partial charge < -0.3 is 25.2 Å². The lowest BCUT2D eigenvalue weighted by molar-refractivity contribution is -0.120. The van der Waals surface area contributed by atoms with E-state index in [0.717, 1.165) is 41.3 Å². The van der Waals surface area contributed by atoms with Gasteiger partial charge in [-0.05, 0) is 71.9 Å².